The Bertz CT molecular complexity index is 191. The second-order valence-electron chi connectivity index (χ2n) is 4.03. The van der Waals surface area contributed by atoms with Crippen molar-refractivity contribution in [3.8, 4) is 0 Å². The van der Waals surface area contributed by atoms with E-state index in [1.54, 1.807) is 6.92 Å². The lowest BCUT2D eigenvalue weighted by molar-refractivity contribution is -0.123. The van der Waals surface area contributed by atoms with E-state index in [-0.39, 0.29) is 18.6 Å². The monoisotopic (exact) mass is 215 g/mol. The summed E-state index contributed by atoms with van der Waals surface area (Å²) in [5.74, 6) is -0.00144. The molecule has 3 N–H and O–H groups in total. The molecular formula is C10H21N3O2. The number of nitrogens with one attached hydrogen (secondary N) is 2. The highest BCUT2D eigenvalue weighted by Gasteiger charge is 2.13. The van der Waals surface area contributed by atoms with Gasteiger partial charge in [0.25, 0.3) is 0 Å². The molecule has 1 aliphatic rings. The Morgan fingerprint density at radius 3 is 3.07 bits per heavy atom. The maximum absolute atomic E-state index is 11.5. The van der Waals surface area contributed by atoms with Crippen molar-refractivity contribution in [2.75, 3.05) is 39.3 Å². The van der Waals surface area contributed by atoms with Crippen LogP contribution >= 0.6 is 0 Å². The minimum absolute atomic E-state index is 0.00144. The molecule has 1 saturated heterocycles. The molecule has 15 heavy (non-hydrogen) atoms. The van der Waals surface area contributed by atoms with E-state index in [4.69, 9.17) is 5.11 Å². The number of nitrogens with zero attached hydrogens (tertiary/aromatic N) is 1. The van der Waals surface area contributed by atoms with Crippen LogP contribution in [0.1, 0.15) is 13.3 Å². The average Bonchev–Trinajstić information content (AvgIpc) is 2.46. The van der Waals surface area contributed by atoms with Crippen molar-refractivity contribution >= 4 is 5.91 Å². The minimum Gasteiger partial charge on any atom is -0.394 e. The number of hydrogen-bond donors (Lipinski definition) is 3. The molecule has 0 aliphatic carbocycles. The fourth-order valence-electron chi connectivity index (χ4n) is 1.63. The molecule has 0 aromatic rings. The molecule has 1 fully saturated rings. The van der Waals surface area contributed by atoms with Crippen LogP contribution in [0.4, 0.5) is 0 Å². The van der Waals surface area contributed by atoms with Crippen LogP contribution in [0.5, 0.6) is 0 Å². The SMILES string of the molecule is CC(CO)NC(=O)CN1CCCNCC1. The van der Waals surface area contributed by atoms with Gasteiger partial charge in [-0.25, -0.2) is 0 Å². The molecular weight excluding hydrogens is 194 g/mol. The quantitative estimate of drug-likeness (QED) is 0.550. The largest absolute Gasteiger partial charge is 0.394 e. The Morgan fingerprint density at radius 2 is 2.33 bits per heavy atom. The van der Waals surface area contributed by atoms with Crippen LogP contribution in [0.3, 0.4) is 0 Å². The fraction of sp³-hybridized carbons (Fsp3) is 0.900. The molecule has 1 aliphatic heterocycles. The number of rotatable bonds is 4. The van der Waals surface area contributed by atoms with Gasteiger partial charge < -0.3 is 15.7 Å². The summed E-state index contributed by atoms with van der Waals surface area (Å²) in [7, 11) is 0. The highest BCUT2D eigenvalue weighted by atomic mass is 16.3. The normalized spacial score (nSPS) is 20.7. The molecule has 0 spiro atoms. The first-order valence-electron chi connectivity index (χ1n) is 5.55. The Balaban J connectivity index is 2.23. The molecule has 1 atom stereocenters. The highest BCUT2D eigenvalue weighted by molar-refractivity contribution is 5.78. The summed E-state index contributed by atoms with van der Waals surface area (Å²) in [5.41, 5.74) is 0. The van der Waals surface area contributed by atoms with E-state index in [1.165, 1.54) is 0 Å². The Labute approximate surface area is 90.8 Å². The zero-order valence-corrected chi connectivity index (χ0v) is 9.33. The molecule has 88 valence electrons. The van der Waals surface area contributed by atoms with E-state index >= 15 is 0 Å². The number of carbonyl (C=O) groups is 1. The molecule has 5 heteroatoms. The zero-order valence-electron chi connectivity index (χ0n) is 9.33. The molecule has 1 heterocycles. The fourth-order valence-corrected chi connectivity index (χ4v) is 1.63. The Kier molecular flexibility index (Phi) is 5.60. The van der Waals surface area contributed by atoms with Crippen LogP contribution in [-0.4, -0.2) is 61.3 Å². The van der Waals surface area contributed by atoms with Crippen molar-refractivity contribution in [3.63, 3.8) is 0 Å². The smallest absolute Gasteiger partial charge is 0.234 e. The van der Waals surface area contributed by atoms with E-state index in [2.05, 4.69) is 15.5 Å². The first-order valence-corrected chi connectivity index (χ1v) is 5.55. The lowest BCUT2D eigenvalue weighted by atomic mass is 10.3. The van der Waals surface area contributed by atoms with Crippen LogP contribution in [0.25, 0.3) is 0 Å². The Morgan fingerprint density at radius 1 is 1.53 bits per heavy atom. The van der Waals surface area contributed by atoms with Crippen molar-refractivity contribution in [2.45, 2.75) is 19.4 Å². The third kappa shape index (κ3) is 5.11. The van der Waals surface area contributed by atoms with E-state index in [0.717, 1.165) is 32.6 Å². The van der Waals surface area contributed by atoms with Crippen LogP contribution in [-0.2, 0) is 4.79 Å². The number of hydrogen-bond acceptors (Lipinski definition) is 4. The molecule has 1 amide bonds. The Hall–Kier alpha value is -0.650. The van der Waals surface area contributed by atoms with Crippen molar-refractivity contribution in [3.05, 3.63) is 0 Å². The van der Waals surface area contributed by atoms with Gasteiger partial charge in [0.1, 0.15) is 0 Å². The number of carbonyl (C=O) groups excluding carboxylic acids is 1. The van der Waals surface area contributed by atoms with Gasteiger partial charge in [-0.15, -0.1) is 0 Å². The summed E-state index contributed by atoms with van der Waals surface area (Å²) in [4.78, 5) is 13.6. The predicted octanol–water partition coefficient (Wildman–Crippen LogP) is -1.22. The number of aliphatic hydroxyl groups excluding tert-OH is 1. The maximum Gasteiger partial charge on any atom is 0.234 e. The van der Waals surface area contributed by atoms with Gasteiger partial charge in [0.2, 0.25) is 5.91 Å². The topological polar surface area (TPSA) is 64.6 Å². The van der Waals surface area contributed by atoms with Crippen molar-refractivity contribution < 1.29 is 9.90 Å². The van der Waals surface area contributed by atoms with Gasteiger partial charge in [-0.2, -0.15) is 0 Å². The lowest BCUT2D eigenvalue weighted by Gasteiger charge is -2.20. The highest BCUT2D eigenvalue weighted by Crippen LogP contribution is 1.94. The molecule has 1 unspecified atom stereocenters. The molecule has 0 aromatic heterocycles. The average molecular weight is 215 g/mol. The first kappa shape index (κ1) is 12.4. The third-order valence-corrected chi connectivity index (χ3v) is 2.48. The summed E-state index contributed by atoms with van der Waals surface area (Å²) in [5, 5.41) is 14.8. The molecule has 0 radical (unpaired) electrons. The van der Waals surface area contributed by atoms with Gasteiger partial charge >= 0.3 is 0 Å². The van der Waals surface area contributed by atoms with Crippen LogP contribution in [0.2, 0.25) is 0 Å². The number of aliphatic hydroxyl groups is 1. The second kappa shape index (κ2) is 6.76. The molecule has 0 aromatic carbocycles. The van der Waals surface area contributed by atoms with Crippen LogP contribution in [0.15, 0.2) is 0 Å². The van der Waals surface area contributed by atoms with E-state index < -0.39 is 0 Å². The van der Waals surface area contributed by atoms with Gasteiger partial charge in [-0.1, -0.05) is 0 Å². The van der Waals surface area contributed by atoms with Gasteiger partial charge in [0.05, 0.1) is 13.2 Å². The van der Waals surface area contributed by atoms with Crippen molar-refractivity contribution in [1.29, 1.82) is 0 Å². The molecule has 0 saturated carbocycles. The summed E-state index contributed by atoms with van der Waals surface area (Å²) in [6.07, 6.45) is 1.09. The summed E-state index contributed by atoms with van der Waals surface area (Å²) >= 11 is 0. The van der Waals surface area contributed by atoms with E-state index in [1.807, 2.05) is 0 Å². The molecule has 5 nitrogen and oxygen atoms in total. The maximum atomic E-state index is 11.5. The third-order valence-electron chi connectivity index (χ3n) is 2.48. The standard InChI is InChI=1S/C10H21N3O2/c1-9(8-14)12-10(15)7-13-5-2-3-11-4-6-13/h9,11,14H,2-8H2,1H3,(H,12,15). The van der Waals surface area contributed by atoms with Crippen LogP contribution in [0, 0.1) is 0 Å². The van der Waals surface area contributed by atoms with Crippen molar-refractivity contribution in [2.24, 2.45) is 0 Å². The van der Waals surface area contributed by atoms with Crippen LogP contribution < -0.4 is 10.6 Å². The molecule has 0 bridgehead atoms. The van der Waals surface area contributed by atoms with Gasteiger partial charge in [0, 0.05) is 19.1 Å². The summed E-state index contributed by atoms with van der Waals surface area (Å²) in [6.45, 7) is 6.09. The van der Waals surface area contributed by atoms with E-state index in [0.29, 0.717) is 6.54 Å². The first-order chi connectivity index (χ1) is 7.22. The summed E-state index contributed by atoms with van der Waals surface area (Å²) < 4.78 is 0. The van der Waals surface area contributed by atoms with E-state index in [9.17, 15) is 4.79 Å². The predicted molar refractivity (Wildman–Crippen MR) is 58.6 cm³/mol. The van der Waals surface area contributed by atoms with Gasteiger partial charge in [0.15, 0.2) is 0 Å². The second-order valence-corrected chi connectivity index (χ2v) is 4.03. The van der Waals surface area contributed by atoms with Gasteiger partial charge in [-0.3, -0.25) is 9.69 Å². The number of amides is 1. The summed E-state index contributed by atoms with van der Waals surface area (Å²) in [6, 6.07) is -0.150. The minimum atomic E-state index is -0.150. The lowest BCUT2D eigenvalue weighted by Crippen LogP contribution is -2.43. The zero-order chi connectivity index (χ0) is 11.1. The van der Waals surface area contributed by atoms with Gasteiger partial charge in [-0.05, 0) is 26.4 Å². The van der Waals surface area contributed by atoms with Crippen molar-refractivity contribution in [1.82, 2.24) is 15.5 Å². The molecule has 1 rings (SSSR count).